The number of likely N-dealkylation sites (N-methyl/N-ethyl adjacent to an activating group) is 1. The van der Waals surface area contributed by atoms with Gasteiger partial charge in [-0.05, 0) is 43.3 Å². The van der Waals surface area contributed by atoms with Gasteiger partial charge in [-0.1, -0.05) is 19.9 Å². The van der Waals surface area contributed by atoms with Crippen LogP contribution in [0.5, 0.6) is 5.75 Å². The van der Waals surface area contributed by atoms with E-state index in [0.29, 0.717) is 36.6 Å². The Labute approximate surface area is 216 Å². The minimum Gasteiger partial charge on any atom is -0.491 e. The number of hydrogen-bond donors (Lipinski definition) is 2. The molecule has 0 unspecified atom stereocenters. The van der Waals surface area contributed by atoms with Gasteiger partial charge in [-0.25, -0.2) is 9.18 Å². The van der Waals surface area contributed by atoms with Crippen LogP contribution >= 0.6 is 0 Å². The van der Waals surface area contributed by atoms with E-state index in [1.807, 2.05) is 20.8 Å². The number of anilines is 2. The lowest BCUT2D eigenvalue weighted by atomic mass is 10.0. The molecule has 2 aromatic carbocycles. The molecule has 0 radical (unpaired) electrons. The summed E-state index contributed by atoms with van der Waals surface area (Å²) in [6.45, 7) is 6.70. The predicted molar refractivity (Wildman–Crippen MR) is 139 cm³/mol. The third-order valence-electron chi connectivity index (χ3n) is 6.41. The summed E-state index contributed by atoms with van der Waals surface area (Å²) in [5.74, 6) is -0.445. The van der Waals surface area contributed by atoms with Crippen LogP contribution < -0.4 is 15.4 Å². The lowest BCUT2D eigenvalue weighted by Gasteiger charge is -2.36. The number of urea groups is 1. The normalized spacial score (nSPS) is 20.7. The molecule has 2 N–H and O–H groups in total. The molecule has 3 atom stereocenters. The van der Waals surface area contributed by atoms with Crippen LogP contribution in [-0.4, -0.2) is 73.6 Å². The fraction of sp³-hybridized carbons (Fsp3) is 0.444. The van der Waals surface area contributed by atoms with Gasteiger partial charge in [-0.3, -0.25) is 9.59 Å². The highest BCUT2D eigenvalue weighted by Crippen LogP contribution is 2.27. The molecule has 37 heavy (non-hydrogen) atoms. The third-order valence-corrected chi connectivity index (χ3v) is 6.41. The number of benzene rings is 2. The molecule has 3 rings (SSSR count). The lowest BCUT2D eigenvalue weighted by Crippen LogP contribution is -2.48. The molecule has 0 fully saturated rings. The number of carbonyl (C=O) groups is 3. The summed E-state index contributed by atoms with van der Waals surface area (Å²) >= 11 is 0. The van der Waals surface area contributed by atoms with Crippen molar-refractivity contribution in [1.82, 2.24) is 9.80 Å². The number of methoxy groups -OCH3 is 1. The van der Waals surface area contributed by atoms with Crippen LogP contribution in [0.2, 0.25) is 0 Å². The molecule has 1 heterocycles. The highest BCUT2D eigenvalue weighted by molar-refractivity contribution is 6.02. The zero-order chi connectivity index (χ0) is 27.1. The van der Waals surface area contributed by atoms with E-state index in [9.17, 15) is 18.8 Å². The predicted octanol–water partition coefficient (Wildman–Crippen LogP) is 4.21. The Morgan fingerprint density at radius 1 is 1.11 bits per heavy atom. The van der Waals surface area contributed by atoms with Gasteiger partial charge in [-0.2, -0.15) is 0 Å². The monoisotopic (exact) mass is 514 g/mol. The maximum Gasteiger partial charge on any atom is 0.323 e. The van der Waals surface area contributed by atoms with Crippen molar-refractivity contribution < 1.29 is 28.2 Å². The van der Waals surface area contributed by atoms with Crippen LogP contribution in [0.1, 0.15) is 37.6 Å². The van der Waals surface area contributed by atoms with Gasteiger partial charge < -0.3 is 29.9 Å². The average Bonchev–Trinajstić information content (AvgIpc) is 2.87. The number of carbonyl (C=O) groups excluding carboxylic acids is 3. The largest absolute Gasteiger partial charge is 0.491 e. The topological polar surface area (TPSA) is 100 Å². The van der Waals surface area contributed by atoms with Crippen molar-refractivity contribution in [3.05, 3.63) is 53.8 Å². The first-order valence-electron chi connectivity index (χ1n) is 12.3. The first-order chi connectivity index (χ1) is 17.6. The van der Waals surface area contributed by atoms with E-state index < -0.39 is 11.8 Å². The summed E-state index contributed by atoms with van der Waals surface area (Å²) < 4.78 is 25.2. The maximum absolute atomic E-state index is 13.4. The molecule has 0 aromatic heterocycles. The van der Waals surface area contributed by atoms with Crippen LogP contribution in [-0.2, 0) is 9.53 Å². The Kier molecular flexibility index (Phi) is 9.46. The van der Waals surface area contributed by atoms with Crippen molar-refractivity contribution in [1.29, 1.82) is 0 Å². The summed E-state index contributed by atoms with van der Waals surface area (Å²) in [6.07, 6.45) is 0.0756. The van der Waals surface area contributed by atoms with Gasteiger partial charge in [0, 0.05) is 51.0 Å². The van der Waals surface area contributed by atoms with E-state index in [-0.39, 0.29) is 42.0 Å². The third kappa shape index (κ3) is 7.19. The Morgan fingerprint density at radius 3 is 2.46 bits per heavy atom. The fourth-order valence-electron chi connectivity index (χ4n) is 4.26. The van der Waals surface area contributed by atoms with Gasteiger partial charge in [0.1, 0.15) is 18.2 Å². The van der Waals surface area contributed by atoms with E-state index in [1.54, 1.807) is 42.2 Å². The van der Waals surface area contributed by atoms with E-state index in [2.05, 4.69) is 10.6 Å². The van der Waals surface area contributed by atoms with Gasteiger partial charge in [-0.15, -0.1) is 0 Å². The number of fused-ring (bicyclic) bond motifs is 1. The highest BCUT2D eigenvalue weighted by Gasteiger charge is 2.30. The number of nitrogens with zero attached hydrogens (tertiary/aromatic N) is 2. The molecular weight excluding hydrogens is 479 g/mol. The molecule has 0 bridgehead atoms. The van der Waals surface area contributed by atoms with Crippen LogP contribution in [0.3, 0.4) is 0 Å². The summed E-state index contributed by atoms with van der Waals surface area (Å²) in [4.78, 5) is 42.0. The summed E-state index contributed by atoms with van der Waals surface area (Å²) in [5.41, 5.74) is 0.912. The van der Waals surface area contributed by atoms with Crippen molar-refractivity contribution in [3.63, 3.8) is 0 Å². The molecule has 10 heteroatoms. The van der Waals surface area contributed by atoms with Gasteiger partial charge in [0.2, 0.25) is 5.91 Å². The number of ether oxygens (including phenoxy) is 2. The minimum absolute atomic E-state index is 0.0170. The van der Waals surface area contributed by atoms with E-state index in [0.717, 1.165) is 0 Å². The first-order valence-corrected chi connectivity index (χ1v) is 12.3. The summed E-state index contributed by atoms with van der Waals surface area (Å²) in [5, 5.41) is 5.23. The number of rotatable bonds is 4. The highest BCUT2D eigenvalue weighted by atomic mass is 19.1. The molecule has 1 aliphatic heterocycles. The summed E-state index contributed by atoms with van der Waals surface area (Å²) in [6, 6.07) is 9.47. The van der Waals surface area contributed by atoms with Crippen LogP contribution in [0.15, 0.2) is 42.5 Å². The Balaban J connectivity index is 1.88. The number of hydrogen-bond acceptors (Lipinski definition) is 5. The molecule has 0 saturated carbocycles. The Morgan fingerprint density at radius 2 is 1.81 bits per heavy atom. The number of nitrogens with one attached hydrogen (secondary N) is 2. The zero-order valence-corrected chi connectivity index (χ0v) is 21.9. The molecule has 0 aliphatic carbocycles. The molecule has 0 spiro atoms. The van der Waals surface area contributed by atoms with E-state index in [4.69, 9.17) is 9.47 Å². The van der Waals surface area contributed by atoms with E-state index in [1.165, 1.54) is 24.3 Å². The standard InChI is InChI=1S/C27H35FN4O5/c1-6-25(33)32-14-17(2)24(36-5)15-31(4)26(34)22-13-21(10-11-23(22)37-16-18(32)3)30-27(35)29-20-9-7-8-19(28)12-20/h7-13,17-18,24H,6,14-16H2,1-5H3,(H2,29,30,35)/t17-,18+,24+/m1/s1. The average molecular weight is 515 g/mol. The first kappa shape index (κ1) is 27.9. The SMILES string of the molecule is CCC(=O)N1C[C@@H](C)[C@@H](OC)CN(C)C(=O)c2cc(NC(=O)Nc3cccc(F)c3)ccc2OC[C@@H]1C. The molecule has 2 aromatic rings. The molecule has 1 aliphatic rings. The van der Waals surface area contributed by atoms with Crippen molar-refractivity contribution in [2.24, 2.45) is 5.92 Å². The smallest absolute Gasteiger partial charge is 0.323 e. The van der Waals surface area contributed by atoms with Crippen LogP contribution in [0.4, 0.5) is 20.6 Å². The number of amides is 4. The van der Waals surface area contributed by atoms with Gasteiger partial charge in [0.15, 0.2) is 0 Å². The Hall–Kier alpha value is -3.66. The molecule has 9 nitrogen and oxygen atoms in total. The maximum atomic E-state index is 13.4. The minimum atomic E-state index is -0.587. The molecule has 4 amide bonds. The molecule has 200 valence electrons. The van der Waals surface area contributed by atoms with Crippen LogP contribution in [0.25, 0.3) is 0 Å². The Bertz CT molecular complexity index is 1130. The van der Waals surface area contributed by atoms with Crippen LogP contribution in [0, 0.1) is 11.7 Å². The quantitative estimate of drug-likeness (QED) is 0.637. The van der Waals surface area contributed by atoms with Gasteiger partial charge >= 0.3 is 6.03 Å². The second-order valence-electron chi connectivity index (χ2n) is 9.30. The zero-order valence-electron chi connectivity index (χ0n) is 21.9. The summed E-state index contributed by atoms with van der Waals surface area (Å²) in [7, 11) is 3.27. The lowest BCUT2D eigenvalue weighted by molar-refractivity contribution is -0.135. The number of halogens is 1. The van der Waals surface area contributed by atoms with Gasteiger partial charge in [0.05, 0.1) is 17.7 Å². The van der Waals surface area contributed by atoms with Crippen molar-refractivity contribution >= 4 is 29.2 Å². The second-order valence-corrected chi connectivity index (χ2v) is 9.30. The van der Waals surface area contributed by atoms with Gasteiger partial charge in [0.25, 0.3) is 5.91 Å². The fourth-order valence-corrected chi connectivity index (χ4v) is 4.26. The van der Waals surface area contributed by atoms with E-state index >= 15 is 0 Å². The van der Waals surface area contributed by atoms with Crippen molar-refractivity contribution in [2.45, 2.75) is 39.3 Å². The molecule has 0 saturated heterocycles. The van der Waals surface area contributed by atoms with Crippen molar-refractivity contribution in [2.75, 3.05) is 44.5 Å². The second kappa shape index (κ2) is 12.5. The molecular formula is C27H35FN4O5. The van der Waals surface area contributed by atoms with Crippen molar-refractivity contribution in [3.8, 4) is 5.75 Å².